The monoisotopic (exact) mass is 253 g/mol. The van der Waals surface area contributed by atoms with Crippen LogP contribution in [0.4, 0.5) is 5.69 Å². The van der Waals surface area contributed by atoms with Gasteiger partial charge in [0.1, 0.15) is 0 Å². The van der Waals surface area contributed by atoms with Gasteiger partial charge in [0.25, 0.3) is 0 Å². The summed E-state index contributed by atoms with van der Waals surface area (Å²) >= 11 is 3.45. The molecule has 1 aromatic carbocycles. The highest BCUT2D eigenvalue weighted by Crippen LogP contribution is 2.37. The van der Waals surface area contributed by atoms with Crippen LogP contribution in [0.5, 0.6) is 0 Å². The first-order chi connectivity index (χ1) is 6.59. The van der Waals surface area contributed by atoms with Crippen LogP contribution >= 0.6 is 15.9 Å². The molecule has 0 bridgehead atoms. The molecule has 3 heteroatoms. The highest BCUT2D eigenvalue weighted by molar-refractivity contribution is 9.10. The summed E-state index contributed by atoms with van der Waals surface area (Å²) < 4.78 is 1.08. The van der Waals surface area contributed by atoms with Crippen LogP contribution in [0, 0.1) is 0 Å². The minimum absolute atomic E-state index is 0.123. The molecule has 0 aromatic heterocycles. The number of anilines is 1. The number of hydrogen-bond donors (Lipinski definition) is 0. The second kappa shape index (κ2) is 3.39. The smallest absolute Gasteiger partial charge is 0.223 e. The quantitative estimate of drug-likeness (QED) is 0.697. The zero-order valence-corrected chi connectivity index (χ0v) is 9.84. The number of carbonyl (C=O) groups excluding carboxylic acids is 1. The van der Waals surface area contributed by atoms with Gasteiger partial charge in [0.2, 0.25) is 5.91 Å². The molecule has 1 amide bonds. The predicted molar refractivity (Wildman–Crippen MR) is 60.6 cm³/mol. The maximum atomic E-state index is 11.4. The first-order valence-electron chi connectivity index (χ1n) is 4.67. The third-order valence-corrected chi connectivity index (χ3v) is 3.14. The summed E-state index contributed by atoms with van der Waals surface area (Å²) in [6.07, 6.45) is 0. The lowest BCUT2D eigenvalue weighted by atomic mass is 10.0. The molecule has 1 aromatic rings. The Morgan fingerprint density at radius 3 is 2.93 bits per heavy atom. The summed E-state index contributed by atoms with van der Waals surface area (Å²) in [6, 6.07) is 6.08. The van der Waals surface area contributed by atoms with Gasteiger partial charge in [-0.2, -0.15) is 0 Å². The Kier molecular flexibility index (Phi) is 2.35. The Labute approximate surface area is 92.0 Å². The number of rotatable bonds is 0. The molecule has 0 aliphatic carbocycles. The van der Waals surface area contributed by atoms with Crippen LogP contribution in [-0.2, 0) is 4.79 Å². The Morgan fingerprint density at radius 1 is 1.57 bits per heavy atom. The molecule has 14 heavy (non-hydrogen) atoms. The van der Waals surface area contributed by atoms with E-state index in [0.29, 0.717) is 5.92 Å². The molecule has 0 radical (unpaired) electrons. The molecule has 2 nitrogen and oxygen atoms in total. The average Bonchev–Trinajstić information content (AvgIpc) is 2.44. The largest absolute Gasteiger partial charge is 0.312 e. The van der Waals surface area contributed by atoms with Crippen LogP contribution in [0.15, 0.2) is 22.7 Å². The molecule has 1 heterocycles. The van der Waals surface area contributed by atoms with E-state index in [1.807, 2.05) is 17.0 Å². The first-order valence-corrected chi connectivity index (χ1v) is 5.46. The van der Waals surface area contributed by atoms with Gasteiger partial charge in [0.05, 0.1) is 0 Å². The molecule has 0 saturated heterocycles. The molecule has 2 rings (SSSR count). The number of fused-ring (bicyclic) bond motifs is 1. The fraction of sp³-hybridized carbons (Fsp3) is 0.364. The van der Waals surface area contributed by atoms with E-state index in [2.05, 4.69) is 28.9 Å². The second-order valence-electron chi connectivity index (χ2n) is 3.73. The molecule has 0 unspecified atom stereocenters. The first kappa shape index (κ1) is 9.71. The van der Waals surface area contributed by atoms with E-state index in [0.717, 1.165) is 16.7 Å². The standard InChI is InChI=1S/C11H12BrNO/c1-7-6-13(8(2)14)11-4-3-9(12)5-10(7)11/h3-5,7H,6H2,1-2H3/t7-/m0/s1. The van der Waals surface area contributed by atoms with Gasteiger partial charge in [-0.15, -0.1) is 0 Å². The Hall–Kier alpha value is -0.830. The number of benzene rings is 1. The Bertz CT molecular complexity index is 389. The Morgan fingerprint density at radius 2 is 2.29 bits per heavy atom. The van der Waals surface area contributed by atoms with Crippen LogP contribution in [0.25, 0.3) is 0 Å². The van der Waals surface area contributed by atoms with E-state index < -0.39 is 0 Å². The van der Waals surface area contributed by atoms with E-state index in [4.69, 9.17) is 0 Å². The van der Waals surface area contributed by atoms with Crippen molar-refractivity contribution in [2.75, 3.05) is 11.4 Å². The van der Waals surface area contributed by atoms with Gasteiger partial charge >= 0.3 is 0 Å². The zero-order chi connectivity index (χ0) is 10.3. The van der Waals surface area contributed by atoms with Crippen LogP contribution in [0.2, 0.25) is 0 Å². The van der Waals surface area contributed by atoms with Gasteiger partial charge in [-0.25, -0.2) is 0 Å². The van der Waals surface area contributed by atoms with Gasteiger partial charge in [-0.1, -0.05) is 22.9 Å². The van der Waals surface area contributed by atoms with Gasteiger partial charge < -0.3 is 4.90 Å². The van der Waals surface area contributed by atoms with Crippen molar-refractivity contribution in [3.8, 4) is 0 Å². The van der Waals surface area contributed by atoms with Crippen molar-refractivity contribution in [2.24, 2.45) is 0 Å². The SMILES string of the molecule is CC(=O)N1C[C@H](C)c2cc(Br)ccc21. The minimum Gasteiger partial charge on any atom is -0.312 e. The van der Waals surface area contributed by atoms with Crippen molar-refractivity contribution in [3.63, 3.8) is 0 Å². The lowest BCUT2D eigenvalue weighted by Crippen LogP contribution is -2.26. The fourth-order valence-corrected chi connectivity index (χ4v) is 2.31. The van der Waals surface area contributed by atoms with Crippen molar-refractivity contribution >= 4 is 27.5 Å². The maximum Gasteiger partial charge on any atom is 0.223 e. The molecule has 1 aliphatic heterocycles. The Balaban J connectivity index is 2.49. The van der Waals surface area contributed by atoms with E-state index in [1.54, 1.807) is 6.92 Å². The van der Waals surface area contributed by atoms with Crippen LogP contribution in [-0.4, -0.2) is 12.5 Å². The molecular weight excluding hydrogens is 242 g/mol. The summed E-state index contributed by atoms with van der Waals surface area (Å²) in [5.74, 6) is 0.560. The topological polar surface area (TPSA) is 20.3 Å². The van der Waals surface area contributed by atoms with E-state index >= 15 is 0 Å². The minimum atomic E-state index is 0.123. The lowest BCUT2D eigenvalue weighted by molar-refractivity contribution is -0.116. The van der Waals surface area contributed by atoms with Crippen molar-refractivity contribution in [2.45, 2.75) is 19.8 Å². The van der Waals surface area contributed by atoms with E-state index in [-0.39, 0.29) is 5.91 Å². The van der Waals surface area contributed by atoms with E-state index in [1.165, 1.54) is 5.56 Å². The number of nitrogens with zero attached hydrogens (tertiary/aromatic N) is 1. The van der Waals surface area contributed by atoms with Gasteiger partial charge in [-0.3, -0.25) is 4.79 Å². The number of halogens is 1. The highest BCUT2D eigenvalue weighted by Gasteiger charge is 2.27. The summed E-state index contributed by atoms with van der Waals surface area (Å²) in [5.41, 5.74) is 2.32. The van der Waals surface area contributed by atoms with E-state index in [9.17, 15) is 4.79 Å². The van der Waals surface area contributed by atoms with Gasteiger partial charge in [-0.05, 0) is 23.8 Å². The predicted octanol–water partition coefficient (Wildman–Crippen LogP) is 2.92. The van der Waals surface area contributed by atoms with Crippen molar-refractivity contribution in [1.29, 1.82) is 0 Å². The van der Waals surface area contributed by atoms with Crippen molar-refractivity contribution in [3.05, 3.63) is 28.2 Å². The third-order valence-electron chi connectivity index (χ3n) is 2.65. The second-order valence-corrected chi connectivity index (χ2v) is 4.65. The maximum absolute atomic E-state index is 11.4. The third kappa shape index (κ3) is 1.46. The van der Waals surface area contributed by atoms with Crippen LogP contribution < -0.4 is 4.90 Å². The lowest BCUT2D eigenvalue weighted by Gasteiger charge is -2.14. The molecule has 0 saturated carbocycles. The number of hydrogen-bond acceptors (Lipinski definition) is 1. The zero-order valence-electron chi connectivity index (χ0n) is 8.25. The average molecular weight is 254 g/mol. The van der Waals surface area contributed by atoms with Crippen LogP contribution in [0.3, 0.4) is 0 Å². The normalized spacial score (nSPS) is 19.6. The summed E-state index contributed by atoms with van der Waals surface area (Å²) in [4.78, 5) is 13.2. The molecule has 1 atom stereocenters. The van der Waals surface area contributed by atoms with Crippen molar-refractivity contribution < 1.29 is 4.79 Å². The molecule has 74 valence electrons. The molecular formula is C11H12BrNO. The highest BCUT2D eigenvalue weighted by atomic mass is 79.9. The van der Waals surface area contributed by atoms with Crippen LogP contribution in [0.1, 0.15) is 25.3 Å². The summed E-state index contributed by atoms with van der Waals surface area (Å²) in [6.45, 7) is 4.57. The molecule has 1 aliphatic rings. The number of carbonyl (C=O) groups is 1. The summed E-state index contributed by atoms with van der Waals surface area (Å²) in [7, 11) is 0. The fourth-order valence-electron chi connectivity index (χ4n) is 1.93. The van der Waals surface area contributed by atoms with Gasteiger partial charge in [0.15, 0.2) is 0 Å². The molecule has 0 spiro atoms. The van der Waals surface area contributed by atoms with Crippen molar-refractivity contribution in [1.82, 2.24) is 0 Å². The number of amides is 1. The summed E-state index contributed by atoms with van der Waals surface area (Å²) in [5, 5.41) is 0. The van der Waals surface area contributed by atoms with Gasteiger partial charge in [0, 0.05) is 29.5 Å². The molecule has 0 fully saturated rings. The molecule has 0 N–H and O–H groups in total.